The molecule has 0 bridgehead atoms. The Morgan fingerprint density at radius 2 is 1.82 bits per heavy atom. The fourth-order valence-electron chi connectivity index (χ4n) is 6.29. The normalized spacial score (nSPS) is 17.9. The Balaban J connectivity index is 0.00000226. The van der Waals surface area contributed by atoms with Crippen molar-refractivity contribution in [3.8, 4) is 0 Å². The molecule has 3 aromatic rings. The van der Waals surface area contributed by atoms with Crippen molar-refractivity contribution in [2.75, 3.05) is 32.7 Å². The van der Waals surface area contributed by atoms with Crippen molar-refractivity contribution in [3.05, 3.63) is 85.5 Å². The summed E-state index contributed by atoms with van der Waals surface area (Å²) in [6.07, 6.45) is 8.79. The van der Waals surface area contributed by atoms with E-state index >= 15 is 0 Å². The molecule has 0 radical (unpaired) electrons. The summed E-state index contributed by atoms with van der Waals surface area (Å²) >= 11 is 10.4. The summed E-state index contributed by atoms with van der Waals surface area (Å²) in [5.41, 5.74) is 5.11. The van der Waals surface area contributed by atoms with Crippen LogP contribution in [0.2, 0.25) is 5.02 Å². The predicted molar refractivity (Wildman–Crippen MR) is 184 cm³/mol. The van der Waals surface area contributed by atoms with E-state index < -0.39 is 11.0 Å². The second-order valence-electron chi connectivity index (χ2n) is 12.5. The average Bonchev–Trinajstić information content (AvgIpc) is 3.38. The number of carbonyl (C=O) groups is 1. The van der Waals surface area contributed by atoms with Crippen molar-refractivity contribution in [1.29, 1.82) is 0 Å². The minimum atomic E-state index is -0.547. The zero-order chi connectivity index (χ0) is 32.9. The molecular formula is C34H44BrClN6O3. The van der Waals surface area contributed by atoms with Gasteiger partial charge < -0.3 is 14.2 Å². The van der Waals surface area contributed by atoms with E-state index in [0.717, 1.165) is 38.1 Å². The van der Waals surface area contributed by atoms with Crippen LogP contribution < -0.4 is 0 Å². The van der Waals surface area contributed by atoms with Crippen LogP contribution in [-0.2, 0) is 17.2 Å². The van der Waals surface area contributed by atoms with Crippen LogP contribution in [0.15, 0.2) is 52.6 Å². The number of amides is 1. The molecule has 1 aliphatic heterocycles. The molecule has 2 atom stereocenters. The highest BCUT2D eigenvalue weighted by atomic mass is 79.9. The smallest absolute Gasteiger partial charge is 0.410 e. The van der Waals surface area contributed by atoms with Crippen LogP contribution in [0.1, 0.15) is 88.5 Å². The van der Waals surface area contributed by atoms with Crippen molar-refractivity contribution in [2.24, 2.45) is 12.2 Å². The molecule has 0 N–H and O–H groups in total. The first-order chi connectivity index (χ1) is 21.4. The Kier molecular flexibility index (Phi) is 11.3. The van der Waals surface area contributed by atoms with Gasteiger partial charge in [-0.3, -0.25) is 9.88 Å². The van der Waals surface area contributed by atoms with E-state index in [9.17, 15) is 9.70 Å². The highest BCUT2D eigenvalue weighted by Gasteiger charge is 2.40. The standard InChI is InChI=1S/C32H38BrClN6O3.C2H6/c1-31(2,3)43-30(41)40-13-11-39(12-14-40)29-24-8-7-23(34)17-25(24)26(16-21-15-22(33)18-36-28(21)29)32(4,9-6-10-37-42)27-19-35-20-38(27)5;1-2/h7-8,15-20,29H,6,9-14H2,1-5H3;1-2H3/t29-,32?;/m1./s1. The van der Waals surface area contributed by atoms with E-state index in [0.29, 0.717) is 44.0 Å². The second kappa shape index (κ2) is 14.6. The maximum Gasteiger partial charge on any atom is 0.410 e. The predicted octanol–water partition coefficient (Wildman–Crippen LogP) is 8.26. The van der Waals surface area contributed by atoms with E-state index in [1.807, 2.05) is 70.8 Å². The van der Waals surface area contributed by atoms with Crippen LogP contribution in [0.3, 0.4) is 0 Å². The lowest BCUT2D eigenvalue weighted by atomic mass is 9.71. The van der Waals surface area contributed by atoms with Crippen molar-refractivity contribution in [1.82, 2.24) is 24.3 Å². The van der Waals surface area contributed by atoms with Gasteiger partial charge in [-0.15, -0.1) is 0 Å². The van der Waals surface area contributed by atoms with Gasteiger partial charge in [-0.25, -0.2) is 9.78 Å². The highest BCUT2D eigenvalue weighted by molar-refractivity contribution is 9.10. The highest BCUT2D eigenvalue weighted by Crippen LogP contribution is 2.49. The van der Waals surface area contributed by atoms with Gasteiger partial charge in [0.25, 0.3) is 0 Å². The average molecular weight is 700 g/mol. The molecule has 1 aliphatic carbocycles. The van der Waals surface area contributed by atoms with Gasteiger partial charge in [0.2, 0.25) is 0 Å². The molecule has 2 aromatic heterocycles. The van der Waals surface area contributed by atoms with Crippen LogP contribution in [0.4, 0.5) is 4.79 Å². The molecule has 45 heavy (non-hydrogen) atoms. The molecule has 0 spiro atoms. The molecule has 1 unspecified atom stereocenters. The van der Waals surface area contributed by atoms with Crippen molar-refractivity contribution >= 4 is 45.3 Å². The van der Waals surface area contributed by atoms with E-state index in [4.69, 9.17) is 21.3 Å². The van der Waals surface area contributed by atoms with E-state index in [2.05, 4.69) is 56.1 Å². The third-order valence-electron chi connectivity index (χ3n) is 8.31. The molecule has 1 aromatic carbocycles. The van der Waals surface area contributed by atoms with Gasteiger partial charge in [0.05, 0.1) is 24.6 Å². The number of ether oxygens (including phenoxy) is 1. The minimum absolute atomic E-state index is 0.169. The number of allylic oxidation sites excluding steroid dienone is 1. The third-order valence-corrected chi connectivity index (χ3v) is 8.98. The molecule has 242 valence electrons. The molecule has 9 nitrogen and oxygen atoms in total. The molecule has 1 amide bonds. The Morgan fingerprint density at radius 3 is 2.44 bits per heavy atom. The maximum absolute atomic E-state index is 12.8. The number of imidazole rings is 1. The van der Waals surface area contributed by atoms with Crippen LogP contribution in [0.25, 0.3) is 11.6 Å². The molecular weight excluding hydrogens is 656 g/mol. The zero-order valence-electron chi connectivity index (χ0n) is 27.3. The van der Waals surface area contributed by atoms with Gasteiger partial charge in [0, 0.05) is 66.2 Å². The Morgan fingerprint density at radius 1 is 1.11 bits per heavy atom. The number of carbonyl (C=O) groups excluding carboxylic acids is 1. The topological polar surface area (TPSA) is 92.9 Å². The third kappa shape index (κ3) is 7.67. The van der Waals surface area contributed by atoms with Crippen LogP contribution >= 0.6 is 27.5 Å². The number of halogens is 2. The fraction of sp³-hybridized carbons (Fsp3) is 0.500. The lowest BCUT2D eigenvalue weighted by Gasteiger charge is -2.40. The number of hydrogen-bond donors (Lipinski definition) is 0. The molecule has 1 saturated heterocycles. The molecule has 3 heterocycles. The number of piperazine rings is 1. The minimum Gasteiger partial charge on any atom is -0.444 e. The van der Waals surface area contributed by atoms with Gasteiger partial charge >= 0.3 is 6.09 Å². The lowest BCUT2D eigenvalue weighted by Crippen LogP contribution is -2.51. The van der Waals surface area contributed by atoms with E-state index in [1.165, 1.54) is 0 Å². The number of aromatic nitrogens is 3. The number of pyridine rings is 1. The number of nitroso groups, excluding NO2 is 1. The molecule has 5 rings (SSSR count). The second-order valence-corrected chi connectivity index (χ2v) is 13.9. The zero-order valence-corrected chi connectivity index (χ0v) is 29.7. The number of rotatable bonds is 7. The van der Waals surface area contributed by atoms with Crippen LogP contribution in [0.5, 0.6) is 0 Å². The largest absolute Gasteiger partial charge is 0.444 e. The summed E-state index contributed by atoms with van der Waals surface area (Å²) in [6.45, 7) is 14.5. The van der Waals surface area contributed by atoms with Gasteiger partial charge in [0.1, 0.15) is 5.60 Å². The molecule has 2 aliphatic rings. The fourth-order valence-corrected chi connectivity index (χ4v) is 6.81. The first-order valence-corrected chi connectivity index (χ1v) is 16.7. The van der Waals surface area contributed by atoms with Crippen molar-refractivity contribution < 1.29 is 9.53 Å². The summed E-state index contributed by atoms with van der Waals surface area (Å²) in [6, 6.07) is 8.02. The first-order valence-electron chi connectivity index (χ1n) is 15.6. The van der Waals surface area contributed by atoms with Crippen molar-refractivity contribution in [3.63, 3.8) is 0 Å². The Labute approximate surface area is 280 Å². The Bertz CT molecular complexity index is 1540. The number of hydrogen-bond acceptors (Lipinski definition) is 7. The van der Waals surface area contributed by atoms with Gasteiger partial charge in [-0.1, -0.05) is 36.7 Å². The maximum atomic E-state index is 12.8. The van der Waals surface area contributed by atoms with E-state index in [-0.39, 0.29) is 18.7 Å². The summed E-state index contributed by atoms with van der Waals surface area (Å²) in [4.78, 5) is 37.6. The van der Waals surface area contributed by atoms with Crippen molar-refractivity contribution in [2.45, 2.75) is 71.4 Å². The first kappa shape index (κ1) is 34.8. The lowest BCUT2D eigenvalue weighted by molar-refractivity contribution is 0.0118. The van der Waals surface area contributed by atoms with Crippen LogP contribution in [-0.4, -0.2) is 68.8 Å². The number of fused-ring (bicyclic) bond motifs is 2. The van der Waals surface area contributed by atoms with Gasteiger partial charge in [0.15, 0.2) is 0 Å². The van der Waals surface area contributed by atoms with E-state index in [1.54, 1.807) is 11.2 Å². The Hall–Kier alpha value is -3.08. The quantitative estimate of drug-likeness (QED) is 0.182. The van der Waals surface area contributed by atoms with Gasteiger partial charge in [-0.05, 0) is 103 Å². The number of benzene rings is 1. The molecule has 11 heteroatoms. The monoisotopic (exact) mass is 698 g/mol. The summed E-state index contributed by atoms with van der Waals surface area (Å²) in [5, 5.41) is 3.79. The van der Waals surface area contributed by atoms with Crippen LogP contribution in [0, 0.1) is 4.91 Å². The number of aryl methyl sites for hydroxylation is 1. The summed E-state index contributed by atoms with van der Waals surface area (Å²) in [5.74, 6) is 0. The molecule has 1 fully saturated rings. The summed E-state index contributed by atoms with van der Waals surface area (Å²) < 4.78 is 8.57. The molecule has 0 saturated carbocycles. The number of nitrogens with zero attached hydrogens (tertiary/aromatic N) is 6. The SMILES string of the molecule is CC.Cn1cncc1C(C)(CCCN=O)C1=Cc2cc(Br)cnc2[C@H](N2CCN(C(=O)OC(C)(C)C)CC2)c2ccc(Cl)cc21. The summed E-state index contributed by atoms with van der Waals surface area (Å²) in [7, 11) is 1.99. The van der Waals surface area contributed by atoms with Gasteiger partial charge in [-0.2, -0.15) is 4.91 Å².